The molecule has 2 N–H and O–H groups in total. The van der Waals surface area contributed by atoms with Crippen molar-refractivity contribution in [3.8, 4) is 17.2 Å². The molecular formula is C21H29ClO3. The van der Waals surface area contributed by atoms with Crippen molar-refractivity contribution in [1.82, 2.24) is 0 Å². The van der Waals surface area contributed by atoms with Crippen LogP contribution >= 0.6 is 11.6 Å². The molecule has 25 heavy (non-hydrogen) atoms. The topological polar surface area (TPSA) is 49.7 Å². The lowest BCUT2D eigenvalue weighted by Gasteiger charge is -2.63. The summed E-state index contributed by atoms with van der Waals surface area (Å²) in [6, 6.07) is 1.53. The number of fused-ring (bicyclic) bond motifs is 4. The molecule has 0 bridgehead atoms. The van der Waals surface area contributed by atoms with Crippen molar-refractivity contribution in [3.05, 3.63) is 16.7 Å². The molecule has 2 aliphatic carbocycles. The van der Waals surface area contributed by atoms with Crippen LogP contribution in [-0.2, 0) is 6.42 Å². The Kier molecular flexibility index (Phi) is 3.62. The summed E-state index contributed by atoms with van der Waals surface area (Å²) in [5, 5.41) is 20.2. The fraction of sp³-hybridized carbons (Fsp3) is 0.714. The Morgan fingerprint density at radius 1 is 1.08 bits per heavy atom. The van der Waals surface area contributed by atoms with E-state index in [1.54, 1.807) is 0 Å². The molecule has 0 aromatic heterocycles. The van der Waals surface area contributed by atoms with E-state index in [1.807, 2.05) is 0 Å². The van der Waals surface area contributed by atoms with Crippen LogP contribution in [0, 0.1) is 22.7 Å². The standard InChI is InChI=1S/C21H29ClO3/c1-19(2)7-5-8-20(3)15(19)6-9-21(4)16(20)10-12-14(25-21)11-13(23)18(24)17(12)22/h11,15-16,23-24H,5-10H2,1-4H3/t15-,16+,20-,21-/m0/s1. The first kappa shape index (κ1) is 17.3. The van der Waals surface area contributed by atoms with Crippen LogP contribution in [0.25, 0.3) is 0 Å². The second-order valence-corrected chi connectivity index (χ2v) is 10.0. The predicted octanol–water partition coefficient (Wildman–Crippen LogP) is 5.69. The predicted molar refractivity (Wildman–Crippen MR) is 99.5 cm³/mol. The van der Waals surface area contributed by atoms with Crippen molar-refractivity contribution in [2.75, 3.05) is 0 Å². The van der Waals surface area contributed by atoms with Crippen molar-refractivity contribution in [2.45, 2.75) is 71.8 Å². The molecule has 0 spiro atoms. The average molecular weight is 365 g/mol. The number of phenolic OH excluding ortho intramolecular Hbond substituents is 2. The molecule has 2 fully saturated rings. The number of aromatic hydroxyl groups is 2. The molecule has 0 radical (unpaired) electrons. The first-order valence-electron chi connectivity index (χ1n) is 9.51. The fourth-order valence-electron chi connectivity index (χ4n) is 6.56. The van der Waals surface area contributed by atoms with E-state index in [-0.39, 0.29) is 27.5 Å². The second-order valence-electron chi connectivity index (χ2n) is 9.65. The highest BCUT2D eigenvalue weighted by atomic mass is 35.5. The van der Waals surface area contributed by atoms with E-state index in [2.05, 4.69) is 27.7 Å². The van der Waals surface area contributed by atoms with Gasteiger partial charge in [-0.1, -0.05) is 38.8 Å². The zero-order chi connectivity index (χ0) is 18.2. The fourth-order valence-corrected chi connectivity index (χ4v) is 6.82. The van der Waals surface area contributed by atoms with E-state index in [1.165, 1.54) is 31.7 Å². The summed E-state index contributed by atoms with van der Waals surface area (Å²) in [4.78, 5) is 0. The third kappa shape index (κ3) is 2.31. The van der Waals surface area contributed by atoms with Crippen molar-refractivity contribution >= 4 is 11.6 Å². The summed E-state index contributed by atoms with van der Waals surface area (Å²) >= 11 is 6.38. The Morgan fingerprint density at radius 3 is 2.52 bits per heavy atom. The van der Waals surface area contributed by atoms with E-state index in [0.29, 0.717) is 23.0 Å². The third-order valence-corrected chi connectivity index (χ3v) is 8.18. The van der Waals surface area contributed by atoms with Gasteiger partial charge in [-0.3, -0.25) is 0 Å². The highest BCUT2D eigenvalue weighted by Crippen LogP contribution is 2.65. The van der Waals surface area contributed by atoms with Gasteiger partial charge in [0, 0.05) is 17.5 Å². The SMILES string of the molecule is CC1(C)CCC[C@]2(C)[C@H]3Cc4c(cc(O)c(O)c4Cl)O[C@@]3(C)CC[C@@H]12. The monoisotopic (exact) mass is 364 g/mol. The number of benzene rings is 1. The van der Waals surface area contributed by atoms with Crippen LogP contribution in [0.1, 0.15) is 65.4 Å². The molecule has 138 valence electrons. The Bertz CT molecular complexity index is 728. The van der Waals surface area contributed by atoms with Gasteiger partial charge >= 0.3 is 0 Å². The van der Waals surface area contributed by atoms with Gasteiger partial charge in [0.15, 0.2) is 11.5 Å². The maximum absolute atomic E-state index is 10.1. The van der Waals surface area contributed by atoms with Crippen LogP contribution in [0.2, 0.25) is 5.02 Å². The van der Waals surface area contributed by atoms with Gasteiger partial charge in [-0.2, -0.15) is 0 Å². The molecule has 1 heterocycles. The van der Waals surface area contributed by atoms with Gasteiger partial charge in [0.2, 0.25) is 0 Å². The molecule has 2 saturated carbocycles. The number of hydrogen-bond donors (Lipinski definition) is 2. The summed E-state index contributed by atoms with van der Waals surface area (Å²) < 4.78 is 6.47. The molecule has 0 unspecified atom stereocenters. The zero-order valence-corrected chi connectivity index (χ0v) is 16.4. The molecule has 1 aromatic rings. The van der Waals surface area contributed by atoms with Gasteiger partial charge in [0.05, 0.1) is 5.02 Å². The maximum Gasteiger partial charge on any atom is 0.177 e. The number of phenols is 2. The molecule has 4 rings (SSSR count). The lowest BCUT2D eigenvalue weighted by Crippen LogP contribution is -2.61. The van der Waals surface area contributed by atoms with Crippen molar-refractivity contribution < 1.29 is 14.9 Å². The normalized spacial score (nSPS) is 38.9. The molecule has 3 aliphatic rings. The second kappa shape index (κ2) is 5.22. The van der Waals surface area contributed by atoms with Crippen molar-refractivity contribution in [1.29, 1.82) is 0 Å². The van der Waals surface area contributed by atoms with Gasteiger partial charge in [0.1, 0.15) is 11.4 Å². The van der Waals surface area contributed by atoms with Crippen LogP contribution in [-0.4, -0.2) is 15.8 Å². The van der Waals surface area contributed by atoms with E-state index in [0.717, 1.165) is 18.4 Å². The molecule has 0 saturated heterocycles. The van der Waals surface area contributed by atoms with Crippen LogP contribution in [0.5, 0.6) is 17.2 Å². The molecular weight excluding hydrogens is 336 g/mol. The van der Waals surface area contributed by atoms with Crippen LogP contribution in [0.3, 0.4) is 0 Å². The summed E-state index contributed by atoms with van der Waals surface area (Å²) in [5.74, 6) is 1.25. The van der Waals surface area contributed by atoms with E-state index < -0.39 is 0 Å². The molecule has 3 nitrogen and oxygen atoms in total. The minimum absolute atomic E-state index is 0.204. The van der Waals surface area contributed by atoms with E-state index in [9.17, 15) is 10.2 Å². The smallest absolute Gasteiger partial charge is 0.177 e. The Labute approximate surface area is 155 Å². The maximum atomic E-state index is 10.1. The number of rotatable bonds is 0. The summed E-state index contributed by atoms with van der Waals surface area (Å²) in [5.41, 5.74) is 1.18. The molecule has 1 aliphatic heterocycles. The Balaban J connectivity index is 1.81. The highest BCUT2D eigenvalue weighted by molar-refractivity contribution is 6.33. The van der Waals surface area contributed by atoms with E-state index in [4.69, 9.17) is 16.3 Å². The van der Waals surface area contributed by atoms with Gasteiger partial charge < -0.3 is 14.9 Å². The molecule has 4 heteroatoms. The van der Waals surface area contributed by atoms with E-state index >= 15 is 0 Å². The first-order chi connectivity index (χ1) is 11.6. The minimum Gasteiger partial charge on any atom is -0.504 e. The van der Waals surface area contributed by atoms with Gasteiger partial charge in [-0.25, -0.2) is 0 Å². The summed E-state index contributed by atoms with van der Waals surface area (Å²) in [6.07, 6.45) is 6.80. The molecule has 4 atom stereocenters. The van der Waals surface area contributed by atoms with Crippen LogP contribution in [0.4, 0.5) is 0 Å². The molecule has 0 amide bonds. The Hall–Kier alpha value is -1.09. The lowest BCUT2D eigenvalue weighted by atomic mass is 9.44. The minimum atomic E-state index is -0.238. The molecule has 1 aromatic carbocycles. The van der Waals surface area contributed by atoms with Crippen LogP contribution < -0.4 is 4.74 Å². The van der Waals surface area contributed by atoms with Crippen LogP contribution in [0.15, 0.2) is 6.07 Å². The third-order valence-electron chi connectivity index (χ3n) is 7.77. The average Bonchev–Trinajstić information content (AvgIpc) is 2.50. The highest BCUT2D eigenvalue weighted by Gasteiger charge is 2.60. The number of ether oxygens (including phenoxy) is 1. The van der Waals surface area contributed by atoms with Gasteiger partial charge in [0.25, 0.3) is 0 Å². The van der Waals surface area contributed by atoms with Gasteiger partial charge in [-0.05, 0) is 55.8 Å². The number of hydrogen-bond acceptors (Lipinski definition) is 3. The quantitative estimate of drug-likeness (QED) is 0.581. The largest absolute Gasteiger partial charge is 0.504 e. The van der Waals surface area contributed by atoms with Gasteiger partial charge in [-0.15, -0.1) is 0 Å². The first-order valence-corrected chi connectivity index (χ1v) is 9.89. The number of halogens is 1. The lowest BCUT2D eigenvalue weighted by molar-refractivity contribution is -0.162. The summed E-state index contributed by atoms with van der Waals surface area (Å²) in [6.45, 7) is 9.52. The zero-order valence-electron chi connectivity index (χ0n) is 15.7. The van der Waals surface area contributed by atoms with Crippen molar-refractivity contribution in [2.24, 2.45) is 22.7 Å². The Morgan fingerprint density at radius 2 is 1.80 bits per heavy atom. The summed E-state index contributed by atoms with van der Waals surface area (Å²) in [7, 11) is 0. The van der Waals surface area contributed by atoms with Crippen molar-refractivity contribution in [3.63, 3.8) is 0 Å².